The fourth-order valence-corrected chi connectivity index (χ4v) is 9.02. The largest absolute Gasteiger partial charge is 0.455 e. The minimum atomic E-state index is 0.871. The van der Waals surface area contributed by atoms with Gasteiger partial charge in [-0.15, -0.1) is 11.3 Å². The van der Waals surface area contributed by atoms with Crippen molar-refractivity contribution in [1.82, 2.24) is 0 Å². The monoisotopic (exact) mass is 657 g/mol. The van der Waals surface area contributed by atoms with Crippen molar-refractivity contribution in [2.75, 3.05) is 4.90 Å². The quantitative estimate of drug-likeness (QED) is 0.189. The van der Waals surface area contributed by atoms with Gasteiger partial charge in [-0.3, -0.25) is 0 Å². The van der Waals surface area contributed by atoms with Crippen LogP contribution < -0.4 is 4.90 Å². The molecule has 0 spiro atoms. The highest BCUT2D eigenvalue weighted by Crippen LogP contribution is 2.51. The summed E-state index contributed by atoms with van der Waals surface area (Å²) in [6.07, 6.45) is 0. The standard InChI is InChI=1S/C46H27NO2S/c1-3-15-30(16-4-1)47(31-17-5-2-6-18-31)38-24-23-33(44-42(38)37-25-28-13-7-8-14-29(28)26-40(37)49-44)36-27-35-32-19-9-11-21-39(32)48-45(35)43-34-20-10-12-22-41(34)50-46(36)43/h1-27H. The first-order chi connectivity index (χ1) is 24.8. The van der Waals surface area contributed by atoms with Gasteiger partial charge in [0.15, 0.2) is 0 Å². The first kappa shape index (κ1) is 27.6. The van der Waals surface area contributed by atoms with E-state index in [1.54, 1.807) is 0 Å². The van der Waals surface area contributed by atoms with Crippen LogP contribution in [-0.2, 0) is 0 Å². The van der Waals surface area contributed by atoms with Crippen molar-refractivity contribution in [3.05, 3.63) is 164 Å². The highest BCUT2D eigenvalue weighted by Gasteiger charge is 2.25. The predicted octanol–water partition coefficient (Wildman–Crippen LogP) is 14.1. The van der Waals surface area contributed by atoms with E-state index < -0.39 is 0 Å². The van der Waals surface area contributed by atoms with Crippen LogP contribution >= 0.6 is 11.3 Å². The molecule has 0 amide bonds. The van der Waals surface area contributed by atoms with Crippen LogP contribution in [0.5, 0.6) is 0 Å². The molecule has 0 bridgehead atoms. The Kier molecular flexibility index (Phi) is 5.83. The molecule has 4 heteroatoms. The van der Waals surface area contributed by atoms with Gasteiger partial charge in [0.25, 0.3) is 0 Å². The van der Waals surface area contributed by atoms with Crippen LogP contribution in [-0.4, -0.2) is 0 Å². The second-order valence-corrected chi connectivity index (χ2v) is 13.9. The molecular formula is C46H27NO2S. The molecule has 3 heterocycles. The van der Waals surface area contributed by atoms with Crippen LogP contribution in [0.1, 0.15) is 0 Å². The summed E-state index contributed by atoms with van der Waals surface area (Å²) in [5.41, 5.74) is 9.02. The molecule has 11 aromatic rings. The zero-order valence-electron chi connectivity index (χ0n) is 26.8. The first-order valence-electron chi connectivity index (χ1n) is 16.8. The number of thiophene rings is 1. The lowest BCUT2D eigenvalue weighted by atomic mass is 9.96. The van der Waals surface area contributed by atoms with E-state index >= 15 is 0 Å². The van der Waals surface area contributed by atoms with Crippen molar-refractivity contribution in [1.29, 1.82) is 0 Å². The summed E-state index contributed by atoms with van der Waals surface area (Å²) in [5.74, 6) is 0. The molecular weight excluding hydrogens is 631 g/mol. The van der Waals surface area contributed by atoms with E-state index in [0.717, 1.165) is 82.8 Å². The number of anilines is 3. The minimum Gasteiger partial charge on any atom is -0.455 e. The van der Waals surface area contributed by atoms with E-state index in [-0.39, 0.29) is 0 Å². The molecule has 3 aromatic heterocycles. The fraction of sp³-hybridized carbons (Fsp3) is 0. The van der Waals surface area contributed by atoms with Gasteiger partial charge in [0.1, 0.15) is 22.3 Å². The van der Waals surface area contributed by atoms with Crippen LogP contribution in [0.3, 0.4) is 0 Å². The van der Waals surface area contributed by atoms with Crippen molar-refractivity contribution in [3.63, 3.8) is 0 Å². The third-order valence-corrected chi connectivity index (χ3v) is 11.2. The number of nitrogens with zero attached hydrogens (tertiary/aromatic N) is 1. The summed E-state index contributed by atoms with van der Waals surface area (Å²) in [7, 11) is 0. The lowest BCUT2D eigenvalue weighted by Gasteiger charge is -2.26. The van der Waals surface area contributed by atoms with E-state index in [2.05, 4.69) is 163 Å². The van der Waals surface area contributed by atoms with E-state index in [4.69, 9.17) is 8.83 Å². The Morgan fingerprint density at radius 1 is 0.420 bits per heavy atom. The summed E-state index contributed by atoms with van der Waals surface area (Å²) in [5, 5.41) is 9.11. The summed E-state index contributed by atoms with van der Waals surface area (Å²) >= 11 is 1.82. The van der Waals surface area contributed by atoms with Gasteiger partial charge in [0.2, 0.25) is 0 Å². The van der Waals surface area contributed by atoms with Gasteiger partial charge in [0, 0.05) is 58.8 Å². The highest BCUT2D eigenvalue weighted by atomic mass is 32.1. The Balaban J connectivity index is 1.30. The fourth-order valence-electron chi connectivity index (χ4n) is 7.79. The maximum atomic E-state index is 7.07. The molecule has 11 rings (SSSR count). The second-order valence-electron chi connectivity index (χ2n) is 12.8. The molecule has 0 N–H and O–H groups in total. The molecule has 50 heavy (non-hydrogen) atoms. The first-order valence-corrected chi connectivity index (χ1v) is 17.7. The number of furan rings is 2. The van der Waals surface area contributed by atoms with Crippen molar-refractivity contribution in [3.8, 4) is 11.1 Å². The molecule has 8 aromatic carbocycles. The average molecular weight is 658 g/mol. The maximum absolute atomic E-state index is 7.07. The van der Waals surface area contributed by atoms with Crippen molar-refractivity contribution < 1.29 is 8.83 Å². The van der Waals surface area contributed by atoms with Crippen molar-refractivity contribution in [2.45, 2.75) is 0 Å². The third kappa shape index (κ3) is 3.97. The molecule has 0 saturated heterocycles. The van der Waals surface area contributed by atoms with Crippen molar-refractivity contribution >= 4 is 103 Å². The number of para-hydroxylation sites is 3. The Morgan fingerprint density at radius 2 is 1.06 bits per heavy atom. The molecule has 0 aliphatic rings. The zero-order valence-corrected chi connectivity index (χ0v) is 27.6. The molecule has 0 aliphatic heterocycles. The maximum Gasteiger partial charge on any atom is 0.145 e. The Hall–Kier alpha value is -6.36. The van der Waals surface area contributed by atoms with Gasteiger partial charge < -0.3 is 13.7 Å². The molecule has 3 nitrogen and oxygen atoms in total. The Labute approximate surface area is 290 Å². The summed E-state index contributed by atoms with van der Waals surface area (Å²) in [6, 6.07) is 58.1. The van der Waals surface area contributed by atoms with Gasteiger partial charge in [0.05, 0.1) is 11.1 Å². The molecule has 0 fully saturated rings. The van der Waals surface area contributed by atoms with E-state index in [1.807, 2.05) is 17.4 Å². The predicted molar refractivity (Wildman–Crippen MR) is 212 cm³/mol. The van der Waals surface area contributed by atoms with Gasteiger partial charge in [-0.2, -0.15) is 0 Å². The number of fused-ring (bicyclic) bond motifs is 11. The normalized spacial score (nSPS) is 12.0. The summed E-state index contributed by atoms with van der Waals surface area (Å²) < 4.78 is 16.1. The third-order valence-electron chi connectivity index (χ3n) is 10.0. The van der Waals surface area contributed by atoms with Gasteiger partial charge in [-0.05, 0) is 77.5 Å². The molecule has 0 aliphatic carbocycles. The highest BCUT2D eigenvalue weighted by molar-refractivity contribution is 7.26. The molecule has 0 unspecified atom stereocenters. The SMILES string of the molecule is c1ccc(N(c2ccccc2)c2ccc(-c3cc4c5ccccc5oc4c4c3sc3ccccc34)c3oc4cc5ccccc5cc4c23)cc1. The van der Waals surface area contributed by atoms with E-state index in [0.29, 0.717) is 0 Å². The number of hydrogen-bond acceptors (Lipinski definition) is 4. The smallest absolute Gasteiger partial charge is 0.145 e. The van der Waals surface area contributed by atoms with Crippen LogP contribution in [0.15, 0.2) is 173 Å². The number of rotatable bonds is 4. The van der Waals surface area contributed by atoms with E-state index in [1.165, 1.54) is 20.2 Å². The topological polar surface area (TPSA) is 29.5 Å². The number of hydrogen-bond donors (Lipinski definition) is 0. The van der Waals surface area contributed by atoms with Crippen molar-refractivity contribution in [2.24, 2.45) is 0 Å². The van der Waals surface area contributed by atoms with Crippen LogP contribution in [0.2, 0.25) is 0 Å². The average Bonchev–Trinajstić information content (AvgIpc) is 3.86. The van der Waals surface area contributed by atoms with Crippen LogP contribution in [0.4, 0.5) is 17.1 Å². The summed E-state index contributed by atoms with van der Waals surface area (Å²) in [6.45, 7) is 0. The lowest BCUT2D eigenvalue weighted by molar-refractivity contribution is 0.670. The molecule has 234 valence electrons. The Morgan fingerprint density at radius 3 is 1.84 bits per heavy atom. The lowest BCUT2D eigenvalue weighted by Crippen LogP contribution is -2.10. The second kappa shape index (κ2) is 10.6. The van der Waals surface area contributed by atoms with Gasteiger partial charge >= 0.3 is 0 Å². The molecule has 0 atom stereocenters. The molecule has 0 radical (unpaired) electrons. The summed E-state index contributed by atoms with van der Waals surface area (Å²) in [4.78, 5) is 2.35. The van der Waals surface area contributed by atoms with E-state index in [9.17, 15) is 0 Å². The number of benzene rings is 8. The van der Waals surface area contributed by atoms with Crippen LogP contribution in [0.25, 0.3) is 85.9 Å². The Bertz CT molecular complexity index is 3060. The molecule has 0 saturated carbocycles. The van der Waals surface area contributed by atoms with Gasteiger partial charge in [-0.1, -0.05) is 97.1 Å². The van der Waals surface area contributed by atoms with Gasteiger partial charge in [-0.25, -0.2) is 0 Å². The van der Waals surface area contributed by atoms with Crippen LogP contribution in [0, 0.1) is 0 Å². The zero-order chi connectivity index (χ0) is 32.8. The minimum absolute atomic E-state index is 0.871.